The first kappa shape index (κ1) is 21.1. The van der Waals surface area contributed by atoms with E-state index in [0.717, 1.165) is 46.4 Å². The maximum Gasteiger partial charge on any atom is 0.319 e. The minimum absolute atomic E-state index is 0.200. The number of fused-ring (bicyclic) bond motifs is 1. The summed E-state index contributed by atoms with van der Waals surface area (Å²) in [5.74, 6) is 0.849. The number of amides is 2. The summed E-state index contributed by atoms with van der Waals surface area (Å²) in [4.78, 5) is 11.9. The molecular formula is C24H30N4O3. The van der Waals surface area contributed by atoms with Crippen LogP contribution in [0, 0.1) is 0 Å². The molecule has 1 heterocycles. The van der Waals surface area contributed by atoms with E-state index in [1.165, 1.54) is 6.42 Å². The quantitative estimate of drug-likeness (QED) is 0.450. The summed E-state index contributed by atoms with van der Waals surface area (Å²) in [5.41, 5.74) is 11.2. The van der Waals surface area contributed by atoms with Crippen molar-refractivity contribution in [3.8, 4) is 17.0 Å². The fourth-order valence-electron chi connectivity index (χ4n) is 4.02. The normalized spacial score (nSPS) is 14.8. The Morgan fingerprint density at radius 1 is 1.26 bits per heavy atom. The van der Waals surface area contributed by atoms with Crippen LogP contribution in [0.5, 0.6) is 5.75 Å². The molecule has 1 aliphatic rings. The summed E-state index contributed by atoms with van der Waals surface area (Å²) in [5, 5.41) is 15.7. The van der Waals surface area contributed by atoms with Crippen LogP contribution in [0.15, 0.2) is 42.5 Å². The molecule has 31 heavy (non-hydrogen) atoms. The number of aliphatic hydroxyl groups is 1. The van der Waals surface area contributed by atoms with Crippen LogP contribution >= 0.6 is 0 Å². The second kappa shape index (κ2) is 8.89. The largest absolute Gasteiger partial charge is 0.494 e. The predicted octanol–water partition coefficient (Wildman–Crippen LogP) is 4.52. The van der Waals surface area contributed by atoms with Crippen LogP contribution < -0.4 is 21.1 Å². The maximum absolute atomic E-state index is 11.9. The summed E-state index contributed by atoms with van der Waals surface area (Å²) in [6, 6.07) is 13.9. The van der Waals surface area contributed by atoms with Crippen LogP contribution in [-0.2, 0) is 0 Å². The fourth-order valence-corrected chi connectivity index (χ4v) is 4.02. The topological polar surface area (TPSA) is 102 Å². The summed E-state index contributed by atoms with van der Waals surface area (Å²) in [6.07, 6.45) is 2.91. The average Bonchev–Trinajstić information content (AvgIpc) is 2.98. The van der Waals surface area contributed by atoms with E-state index in [4.69, 9.17) is 10.5 Å². The number of benzene rings is 2. The summed E-state index contributed by atoms with van der Waals surface area (Å²) >= 11 is 0. The number of carbonyl (C=O) groups is 1. The maximum atomic E-state index is 11.9. The molecule has 1 unspecified atom stereocenters. The van der Waals surface area contributed by atoms with Gasteiger partial charge in [-0.3, -0.25) is 0 Å². The number of nitrogens with one attached hydrogen (secondary N) is 2. The lowest BCUT2D eigenvalue weighted by Gasteiger charge is -2.30. The highest BCUT2D eigenvalue weighted by Crippen LogP contribution is 2.44. The molecule has 0 saturated heterocycles. The molecule has 2 aromatic carbocycles. The fraction of sp³-hybridized carbons (Fsp3) is 0.375. The number of urea groups is 1. The molecule has 0 radical (unpaired) electrons. The third-order valence-corrected chi connectivity index (χ3v) is 5.74. The minimum Gasteiger partial charge on any atom is -0.494 e. The number of hydrogen-bond donors (Lipinski definition) is 4. The number of anilines is 2. The van der Waals surface area contributed by atoms with E-state index in [0.29, 0.717) is 18.3 Å². The lowest BCUT2D eigenvalue weighted by molar-refractivity contribution is 0.190. The lowest BCUT2D eigenvalue weighted by Crippen LogP contribution is -2.34. The van der Waals surface area contributed by atoms with Crippen LogP contribution in [0.2, 0.25) is 0 Å². The number of hydrogen-bond acceptors (Lipinski definition) is 4. The van der Waals surface area contributed by atoms with Crippen molar-refractivity contribution in [2.75, 3.05) is 24.2 Å². The van der Waals surface area contributed by atoms with E-state index in [2.05, 4.69) is 21.3 Å². The standard InChI is InChI=1S/C24H30N4O3/c1-3-31-19-11-12-20-21(13-19)28(18-5-4-6-18)23(22(20)25)16-7-9-17(10-8-16)27-24(30)26-14-15(2)29/h7-13,15,18,29H,3-6,14,25H2,1-2H3,(H2,26,27,30). The highest BCUT2D eigenvalue weighted by molar-refractivity contribution is 6.02. The first-order chi connectivity index (χ1) is 15.0. The summed E-state index contributed by atoms with van der Waals surface area (Å²) < 4.78 is 8.08. The smallest absolute Gasteiger partial charge is 0.319 e. The second-order valence-corrected chi connectivity index (χ2v) is 8.09. The Kier molecular flexibility index (Phi) is 6.04. The van der Waals surface area contributed by atoms with Gasteiger partial charge in [-0.2, -0.15) is 0 Å². The second-order valence-electron chi connectivity index (χ2n) is 8.09. The molecule has 2 amide bonds. The molecule has 0 bridgehead atoms. The van der Waals surface area contributed by atoms with Crippen molar-refractivity contribution in [1.82, 2.24) is 9.88 Å². The molecule has 1 fully saturated rings. The predicted molar refractivity (Wildman–Crippen MR) is 125 cm³/mol. The number of nitrogens with zero attached hydrogens (tertiary/aromatic N) is 1. The van der Waals surface area contributed by atoms with Crippen molar-refractivity contribution in [2.45, 2.75) is 45.3 Å². The van der Waals surface area contributed by atoms with Gasteiger partial charge in [-0.25, -0.2) is 4.79 Å². The Morgan fingerprint density at radius 3 is 2.61 bits per heavy atom. The highest BCUT2D eigenvalue weighted by Gasteiger charge is 2.27. The van der Waals surface area contributed by atoms with Gasteiger partial charge in [-0.05, 0) is 57.4 Å². The van der Waals surface area contributed by atoms with Crippen LogP contribution in [0.25, 0.3) is 22.2 Å². The molecule has 164 valence electrons. The van der Waals surface area contributed by atoms with Gasteiger partial charge < -0.3 is 30.8 Å². The van der Waals surface area contributed by atoms with Crippen molar-refractivity contribution in [3.63, 3.8) is 0 Å². The van der Waals surface area contributed by atoms with Gasteiger partial charge in [-0.1, -0.05) is 12.1 Å². The molecule has 1 atom stereocenters. The van der Waals surface area contributed by atoms with Crippen molar-refractivity contribution < 1.29 is 14.6 Å². The van der Waals surface area contributed by atoms with Crippen molar-refractivity contribution >= 4 is 28.3 Å². The van der Waals surface area contributed by atoms with Crippen LogP contribution in [0.4, 0.5) is 16.2 Å². The van der Waals surface area contributed by atoms with Gasteiger partial charge in [0.2, 0.25) is 0 Å². The zero-order chi connectivity index (χ0) is 22.0. The van der Waals surface area contributed by atoms with E-state index in [1.54, 1.807) is 6.92 Å². The van der Waals surface area contributed by atoms with E-state index in [-0.39, 0.29) is 12.6 Å². The van der Waals surface area contributed by atoms with Gasteiger partial charge >= 0.3 is 6.03 Å². The van der Waals surface area contributed by atoms with Gasteiger partial charge in [0.25, 0.3) is 0 Å². The molecule has 7 nitrogen and oxygen atoms in total. The third-order valence-electron chi connectivity index (χ3n) is 5.74. The summed E-state index contributed by atoms with van der Waals surface area (Å²) in [7, 11) is 0. The molecule has 1 saturated carbocycles. The van der Waals surface area contributed by atoms with Crippen LogP contribution in [-0.4, -0.2) is 35.0 Å². The van der Waals surface area contributed by atoms with E-state index in [1.807, 2.05) is 43.3 Å². The monoisotopic (exact) mass is 422 g/mol. The first-order valence-corrected chi connectivity index (χ1v) is 10.9. The Hall–Kier alpha value is -3.19. The third kappa shape index (κ3) is 4.32. The SMILES string of the molecule is CCOc1ccc2c(N)c(-c3ccc(NC(=O)NCC(C)O)cc3)n(C3CCC3)c2c1. The minimum atomic E-state index is -0.590. The number of rotatable bonds is 7. The molecular weight excluding hydrogens is 392 g/mol. The molecule has 7 heteroatoms. The molecule has 1 aromatic heterocycles. The van der Waals surface area contributed by atoms with Crippen molar-refractivity contribution in [2.24, 2.45) is 0 Å². The number of nitrogen functional groups attached to an aromatic ring is 1. The average molecular weight is 423 g/mol. The zero-order valence-electron chi connectivity index (χ0n) is 18.0. The summed E-state index contributed by atoms with van der Waals surface area (Å²) in [6.45, 7) is 4.43. The number of aliphatic hydroxyl groups excluding tert-OH is 1. The Labute approximate surface area is 182 Å². The van der Waals surface area contributed by atoms with Crippen LogP contribution in [0.1, 0.15) is 39.2 Å². The highest BCUT2D eigenvalue weighted by atomic mass is 16.5. The molecule has 3 aromatic rings. The molecule has 0 spiro atoms. The zero-order valence-corrected chi connectivity index (χ0v) is 18.0. The first-order valence-electron chi connectivity index (χ1n) is 10.9. The van der Waals surface area contributed by atoms with Crippen molar-refractivity contribution in [3.05, 3.63) is 42.5 Å². The van der Waals surface area contributed by atoms with Gasteiger partial charge in [0, 0.05) is 35.3 Å². The van der Waals surface area contributed by atoms with E-state index < -0.39 is 6.10 Å². The number of ether oxygens (including phenoxy) is 1. The van der Waals surface area contributed by atoms with Crippen LogP contribution in [0.3, 0.4) is 0 Å². The van der Waals surface area contributed by atoms with Gasteiger partial charge in [0.05, 0.1) is 29.6 Å². The lowest BCUT2D eigenvalue weighted by atomic mass is 9.92. The van der Waals surface area contributed by atoms with E-state index in [9.17, 15) is 9.90 Å². The molecule has 4 rings (SSSR count). The van der Waals surface area contributed by atoms with E-state index >= 15 is 0 Å². The number of aromatic nitrogens is 1. The number of carbonyl (C=O) groups excluding carboxylic acids is 1. The van der Waals surface area contributed by atoms with Crippen molar-refractivity contribution in [1.29, 1.82) is 0 Å². The molecule has 0 aliphatic heterocycles. The van der Waals surface area contributed by atoms with Gasteiger partial charge in [0.15, 0.2) is 0 Å². The molecule has 5 N–H and O–H groups in total. The number of nitrogens with two attached hydrogens (primary N) is 1. The Bertz CT molecular complexity index is 1070. The van der Waals surface area contributed by atoms with Gasteiger partial charge in [0.1, 0.15) is 5.75 Å². The van der Waals surface area contributed by atoms with Gasteiger partial charge in [-0.15, -0.1) is 0 Å². The Morgan fingerprint density at radius 2 is 2.00 bits per heavy atom. The molecule has 1 aliphatic carbocycles. The Balaban J connectivity index is 1.67.